The quantitative estimate of drug-likeness (QED) is 0.573. The number of aromatic nitrogens is 2. The number of amidine groups is 1. The number of aryl methyl sites for hydroxylation is 1. The minimum atomic E-state index is -0.0996. The van der Waals surface area contributed by atoms with Crippen LogP contribution in [0.15, 0.2) is 24.3 Å². The van der Waals surface area contributed by atoms with Crippen LogP contribution in [0.5, 0.6) is 11.6 Å². The summed E-state index contributed by atoms with van der Waals surface area (Å²) in [5.41, 5.74) is 8.58. The number of ether oxygens (including phenoxy) is 1. The van der Waals surface area contributed by atoms with Gasteiger partial charge in [0.15, 0.2) is 0 Å². The molecule has 0 aliphatic heterocycles. The van der Waals surface area contributed by atoms with Gasteiger partial charge in [-0.05, 0) is 43.5 Å². The van der Waals surface area contributed by atoms with Gasteiger partial charge >= 0.3 is 0 Å². The van der Waals surface area contributed by atoms with Gasteiger partial charge in [0, 0.05) is 6.61 Å². The lowest BCUT2D eigenvalue weighted by Gasteiger charge is -2.12. The fourth-order valence-corrected chi connectivity index (χ4v) is 1.94. The van der Waals surface area contributed by atoms with E-state index in [0.717, 1.165) is 11.1 Å². The molecule has 0 fully saturated rings. The molecule has 0 amide bonds. The first-order valence-electron chi connectivity index (χ1n) is 6.59. The van der Waals surface area contributed by atoms with Gasteiger partial charge in [-0.1, -0.05) is 12.1 Å². The summed E-state index contributed by atoms with van der Waals surface area (Å²) in [7, 11) is 0. The Balaban J connectivity index is 2.31. The summed E-state index contributed by atoms with van der Waals surface area (Å²) in [5, 5.41) is 24.5. The largest absolute Gasteiger partial charge is 0.437 e. The number of hydrogen-bond acceptors (Lipinski definition) is 5. The number of nitrogens with one attached hydrogen (secondary N) is 1. The molecule has 1 heterocycles. The molecule has 0 saturated heterocycles. The summed E-state index contributed by atoms with van der Waals surface area (Å²) >= 11 is 0. The van der Waals surface area contributed by atoms with Crippen LogP contribution in [0.1, 0.15) is 22.4 Å². The van der Waals surface area contributed by atoms with Crippen LogP contribution in [0.4, 0.5) is 0 Å². The van der Waals surface area contributed by atoms with E-state index in [1.54, 1.807) is 12.1 Å². The molecule has 1 aromatic heterocycles. The molecule has 21 heavy (non-hydrogen) atoms. The SMILES string of the molecule is Cc1nnc(Oc2ccc(CCO)cc2)c(C(=N)N)c1C. The molecule has 0 unspecified atom stereocenters. The molecule has 0 aliphatic rings. The maximum atomic E-state index is 8.89. The summed E-state index contributed by atoms with van der Waals surface area (Å²) in [6, 6.07) is 7.30. The highest BCUT2D eigenvalue weighted by molar-refractivity contribution is 5.98. The lowest BCUT2D eigenvalue weighted by Crippen LogP contribution is -2.16. The molecular formula is C15H18N4O2. The molecule has 0 radical (unpaired) electrons. The molecule has 0 atom stereocenters. The maximum absolute atomic E-state index is 8.89. The van der Waals surface area contributed by atoms with Gasteiger partial charge in [-0.25, -0.2) is 0 Å². The van der Waals surface area contributed by atoms with E-state index in [4.69, 9.17) is 21.0 Å². The third-order valence-electron chi connectivity index (χ3n) is 3.23. The summed E-state index contributed by atoms with van der Waals surface area (Å²) in [6.07, 6.45) is 0.600. The molecule has 6 heteroatoms. The van der Waals surface area contributed by atoms with Crippen LogP contribution in [0, 0.1) is 19.3 Å². The Kier molecular flexibility index (Phi) is 4.49. The predicted octanol–water partition coefficient (Wildman–Crippen LogP) is 1.70. The molecule has 110 valence electrons. The van der Waals surface area contributed by atoms with Gasteiger partial charge in [0.1, 0.15) is 11.6 Å². The molecule has 2 aromatic rings. The van der Waals surface area contributed by atoms with Crippen molar-refractivity contribution in [2.24, 2.45) is 5.73 Å². The lowest BCUT2D eigenvalue weighted by atomic mass is 10.1. The van der Waals surface area contributed by atoms with Gasteiger partial charge in [-0.15, -0.1) is 5.10 Å². The number of nitrogens with two attached hydrogens (primary N) is 1. The van der Waals surface area contributed by atoms with Gasteiger partial charge in [0.2, 0.25) is 5.88 Å². The van der Waals surface area contributed by atoms with Crippen LogP contribution >= 0.6 is 0 Å². The molecule has 0 bridgehead atoms. The summed E-state index contributed by atoms with van der Waals surface area (Å²) in [5.74, 6) is 0.703. The van der Waals surface area contributed by atoms with E-state index in [9.17, 15) is 0 Å². The highest BCUT2D eigenvalue weighted by Crippen LogP contribution is 2.25. The molecular weight excluding hydrogens is 268 g/mol. The Hall–Kier alpha value is -2.47. The molecule has 1 aromatic carbocycles. The number of nitrogen functional groups attached to an aromatic ring is 1. The fraction of sp³-hybridized carbons (Fsp3) is 0.267. The topological polar surface area (TPSA) is 105 Å². The Bertz CT molecular complexity index is 653. The van der Waals surface area contributed by atoms with Gasteiger partial charge in [0.25, 0.3) is 0 Å². The standard InChI is InChI=1S/C15H18N4O2/c1-9-10(2)18-19-15(13(9)14(16)17)21-12-5-3-11(4-6-12)7-8-20/h3-6,20H,7-8H2,1-2H3,(H3,16,17). The third kappa shape index (κ3) is 3.35. The number of hydrogen-bond donors (Lipinski definition) is 3. The van der Waals surface area contributed by atoms with Crippen molar-refractivity contribution in [1.29, 1.82) is 5.41 Å². The molecule has 2 rings (SSSR count). The van der Waals surface area contributed by atoms with Gasteiger partial charge in [-0.3, -0.25) is 5.41 Å². The van der Waals surface area contributed by atoms with E-state index < -0.39 is 0 Å². The van der Waals surface area contributed by atoms with Crippen LogP contribution in [-0.2, 0) is 6.42 Å². The highest BCUT2D eigenvalue weighted by Gasteiger charge is 2.15. The van der Waals surface area contributed by atoms with Crippen molar-refractivity contribution < 1.29 is 9.84 Å². The van der Waals surface area contributed by atoms with E-state index in [2.05, 4.69) is 10.2 Å². The van der Waals surface area contributed by atoms with E-state index in [1.165, 1.54) is 0 Å². The monoisotopic (exact) mass is 286 g/mol. The normalized spacial score (nSPS) is 10.4. The summed E-state index contributed by atoms with van der Waals surface area (Å²) in [6.45, 7) is 3.75. The Morgan fingerprint density at radius 3 is 2.48 bits per heavy atom. The highest BCUT2D eigenvalue weighted by atomic mass is 16.5. The average Bonchev–Trinajstić information content (AvgIpc) is 2.45. The minimum Gasteiger partial charge on any atom is -0.437 e. The van der Waals surface area contributed by atoms with Gasteiger partial charge in [0.05, 0.1) is 11.3 Å². The van der Waals surface area contributed by atoms with E-state index in [1.807, 2.05) is 26.0 Å². The predicted molar refractivity (Wildman–Crippen MR) is 79.8 cm³/mol. The zero-order valence-corrected chi connectivity index (χ0v) is 12.1. The van der Waals surface area contributed by atoms with Crippen LogP contribution in [0.3, 0.4) is 0 Å². The van der Waals surface area contributed by atoms with Crippen LogP contribution in [-0.4, -0.2) is 27.7 Å². The Labute approximate surface area is 123 Å². The van der Waals surface area contributed by atoms with Crippen molar-refractivity contribution in [3.63, 3.8) is 0 Å². The second kappa shape index (κ2) is 6.32. The van der Waals surface area contributed by atoms with Crippen molar-refractivity contribution in [3.05, 3.63) is 46.6 Å². The van der Waals surface area contributed by atoms with Gasteiger partial charge in [-0.2, -0.15) is 5.10 Å². The minimum absolute atomic E-state index is 0.0996. The zero-order chi connectivity index (χ0) is 15.4. The summed E-state index contributed by atoms with van der Waals surface area (Å²) in [4.78, 5) is 0. The van der Waals surface area contributed by atoms with E-state index in [0.29, 0.717) is 23.4 Å². The average molecular weight is 286 g/mol. The number of rotatable bonds is 5. The molecule has 0 aliphatic carbocycles. The zero-order valence-electron chi connectivity index (χ0n) is 12.1. The van der Waals surface area contributed by atoms with E-state index in [-0.39, 0.29) is 18.3 Å². The van der Waals surface area contributed by atoms with Crippen LogP contribution < -0.4 is 10.5 Å². The molecule has 0 spiro atoms. The maximum Gasteiger partial charge on any atom is 0.250 e. The van der Waals surface area contributed by atoms with Crippen molar-refractivity contribution in [1.82, 2.24) is 10.2 Å². The second-order valence-corrected chi connectivity index (χ2v) is 4.72. The Morgan fingerprint density at radius 2 is 1.90 bits per heavy atom. The molecule has 4 N–H and O–H groups in total. The first-order valence-corrected chi connectivity index (χ1v) is 6.59. The molecule has 0 saturated carbocycles. The number of aliphatic hydroxyl groups excluding tert-OH is 1. The van der Waals surface area contributed by atoms with Crippen molar-refractivity contribution in [3.8, 4) is 11.6 Å². The Morgan fingerprint density at radius 1 is 1.24 bits per heavy atom. The fourth-order valence-electron chi connectivity index (χ4n) is 1.94. The van der Waals surface area contributed by atoms with Crippen LogP contribution in [0.2, 0.25) is 0 Å². The van der Waals surface area contributed by atoms with Crippen LogP contribution in [0.25, 0.3) is 0 Å². The number of nitrogens with zero attached hydrogens (tertiary/aromatic N) is 2. The van der Waals surface area contributed by atoms with Crippen molar-refractivity contribution in [2.45, 2.75) is 20.3 Å². The smallest absolute Gasteiger partial charge is 0.250 e. The summed E-state index contributed by atoms with van der Waals surface area (Å²) < 4.78 is 5.68. The molecule has 6 nitrogen and oxygen atoms in total. The number of benzene rings is 1. The van der Waals surface area contributed by atoms with E-state index >= 15 is 0 Å². The lowest BCUT2D eigenvalue weighted by molar-refractivity contribution is 0.299. The van der Waals surface area contributed by atoms with Crippen molar-refractivity contribution >= 4 is 5.84 Å². The second-order valence-electron chi connectivity index (χ2n) is 4.72. The first kappa shape index (κ1) is 14.9. The van der Waals surface area contributed by atoms with Gasteiger partial charge < -0.3 is 15.6 Å². The first-order chi connectivity index (χ1) is 10.0. The third-order valence-corrected chi connectivity index (χ3v) is 3.23. The van der Waals surface area contributed by atoms with Crippen molar-refractivity contribution in [2.75, 3.05) is 6.61 Å². The number of aliphatic hydroxyl groups is 1.